The molecule has 8 nitrogen and oxygen atoms in total. The molecule has 1 aliphatic heterocycles. The molecule has 4 rings (SSSR count). The molecule has 162 valence electrons. The molecule has 31 heavy (non-hydrogen) atoms. The van der Waals surface area contributed by atoms with Crippen molar-refractivity contribution in [2.24, 2.45) is 0 Å². The number of nitrogens with one attached hydrogen (secondary N) is 1. The summed E-state index contributed by atoms with van der Waals surface area (Å²) in [6.07, 6.45) is 0.343. The second kappa shape index (κ2) is 9.84. The molecule has 0 bridgehead atoms. The van der Waals surface area contributed by atoms with Gasteiger partial charge in [-0.05, 0) is 25.1 Å². The predicted octanol–water partition coefficient (Wildman–Crippen LogP) is 3.75. The number of nitrogens with zero attached hydrogens (tertiary/aromatic N) is 3. The van der Waals surface area contributed by atoms with Gasteiger partial charge < -0.3 is 19.5 Å². The van der Waals surface area contributed by atoms with Gasteiger partial charge >= 0.3 is 0 Å². The molecule has 1 aliphatic rings. The number of carbonyl (C=O) groups excluding carboxylic acids is 1. The number of ether oxygens (including phenoxy) is 3. The SMILES string of the molecule is COCCn1c(SCCC(=O)Nc2ccc3c(c2)OCO3)nnc1-c1cccc(C)c1. The maximum absolute atomic E-state index is 12.4. The van der Waals surface area contributed by atoms with Gasteiger partial charge in [-0.1, -0.05) is 35.5 Å². The monoisotopic (exact) mass is 440 g/mol. The van der Waals surface area contributed by atoms with Gasteiger partial charge in [0.2, 0.25) is 12.7 Å². The van der Waals surface area contributed by atoms with Crippen LogP contribution in [0.25, 0.3) is 11.4 Å². The number of fused-ring (bicyclic) bond motifs is 1. The third kappa shape index (κ3) is 5.18. The first-order valence-corrected chi connectivity index (χ1v) is 10.9. The van der Waals surface area contributed by atoms with Crippen LogP contribution in [0, 0.1) is 6.92 Å². The summed E-state index contributed by atoms with van der Waals surface area (Å²) in [5.74, 6) is 2.63. The number of hydrogen-bond donors (Lipinski definition) is 1. The minimum absolute atomic E-state index is 0.0757. The highest BCUT2D eigenvalue weighted by Gasteiger charge is 2.16. The van der Waals surface area contributed by atoms with Gasteiger partial charge in [0.1, 0.15) is 0 Å². The van der Waals surface area contributed by atoms with E-state index in [-0.39, 0.29) is 12.7 Å². The Balaban J connectivity index is 1.38. The molecule has 1 N–H and O–H groups in total. The molecule has 1 amide bonds. The van der Waals surface area contributed by atoms with E-state index in [0.717, 1.165) is 22.1 Å². The molecular formula is C22H24N4O4S. The van der Waals surface area contributed by atoms with E-state index in [9.17, 15) is 4.79 Å². The summed E-state index contributed by atoms with van der Waals surface area (Å²) in [5.41, 5.74) is 2.86. The van der Waals surface area contributed by atoms with Crippen molar-refractivity contribution in [3.05, 3.63) is 48.0 Å². The molecule has 9 heteroatoms. The summed E-state index contributed by atoms with van der Waals surface area (Å²) in [4.78, 5) is 12.4. The van der Waals surface area contributed by atoms with Gasteiger partial charge in [-0.15, -0.1) is 10.2 Å². The molecule has 0 aliphatic carbocycles. The molecule has 2 aromatic carbocycles. The van der Waals surface area contributed by atoms with Gasteiger partial charge in [-0.3, -0.25) is 9.36 Å². The first kappa shape index (κ1) is 21.2. The largest absolute Gasteiger partial charge is 0.454 e. The summed E-state index contributed by atoms with van der Waals surface area (Å²) in [5, 5.41) is 12.4. The molecule has 1 aromatic heterocycles. The fraction of sp³-hybridized carbons (Fsp3) is 0.318. The number of aryl methyl sites for hydroxylation is 1. The first-order chi connectivity index (χ1) is 15.1. The summed E-state index contributed by atoms with van der Waals surface area (Å²) in [7, 11) is 1.67. The lowest BCUT2D eigenvalue weighted by Gasteiger charge is -2.10. The third-order valence-corrected chi connectivity index (χ3v) is 5.70. The zero-order valence-electron chi connectivity index (χ0n) is 17.5. The smallest absolute Gasteiger partial charge is 0.231 e. The molecule has 0 saturated heterocycles. The number of aromatic nitrogens is 3. The molecule has 0 fully saturated rings. The van der Waals surface area contributed by atoms with Gasteiger partial charge in [0.15, 0.2) is 22.5 Å². The van der Waals surface area contributed by atoms with Crippen LogP contribution in [0.1, 0.15) is 12.0 Å². The van der Waals surface area contributed by atoms with E-state index >= 15 is 0 Å². The van der Waals surface area contributed by atoms with E-state index in [4.69, 9.17) is 14.2 Å². The van der Waals surface area contributed by atoms with E-state index in [2.05, 4.69) is 21.6 Å². The molecule has 0 unspecified atom stereocenters. The Morgan fingerprint density at radius 1 is 1.19 bits per heavy atom. The van der Waals surface area contributed by atoms with Crippen molar-refractivity contribution in [2.45, 2.75) is 25.0 Å². The van der Waals surface area contributed by atoms with E-state index in [1.807, 2.05) is 29.7 Å². The molecule has 0 spiro atoms. The van der Waals surface area contributed by atoms with E-state index in [0.29, 0.717) is 42.5 Å². The maximum Gasteiger partial charge on any atom is 0.231 e. The van der Waals surface area contributed by atoms with Crippen molar-refractivity contribution >= 4 is 23.4 Å². The molecule has 3 aromatic rings. The Hall–Kier alpha value is -3.04. The predicted molar refractivity (Wildman–Crippen MR) is 119 cm³/mol. The van der Waals surface area contributed by atoms with Gasteiger partial charge in [-0.2, -0.15) is 0 Å². The number of anilines is 1. The first-order valence-electron chi connectivity index (χ1n) is 9.95. The van der Waals surface area contributed by atoms with E-state index < -0.39 is 0 Å². The van der Waals surface area contributed by atoms with Crippen LogP contribution in [0.4, 0.5) is 5.69 Å². The second-order valence-electron chi connectivity index (χ2n) is 7.03. The minimum atomic E-state index is -0.0757. The van der Waals surface area contributed by atoms with Crippen LogP contribution in [0.15, 0.2) is 47.6 Å². The van der Waals surface area contributed by atoms with E-state index in [1.54, 1.807) is 25.3 Å². The third-order valence-electron chi connectivity index (χ3n) is 4.73. The standard InChI is InChI=1S/C22H24N4O4S/c1-15-4-3-5-16(12-15)21-24-25-22(26(21)9-10-28-2)31-11-8-20(27)23-17-6-7-18-19(13-17)30-14-29-18/h3-7,12-13H,8-11,14H2,1-2H3,(H,23,27). The zero-order chi connectivity index (χ0) is 21.6. The van der Waals surface area contributed by atoms with E-state index in [1.165, 1.54) is 11.8 Å². The van der Waals surface area contributed by atoms with Gasteiger partial charge in [0, 0.05) is 36.6 Å². The van der Waals surface area contributed by atoms with Crippen LogP contribution < -0.4 is 14.8 Å². The second-order valence-corrected chi connectivity index (χ2v) is 8.10. The maximum atomic E-state index is 12.4. The normalized spacial score (nSPS) is 12.2. The Morgan fingerprint density at radius 3 is 2.90 bits per heavy atom. The van der Waals surface area contributed by atoms with Crippen molar-refractivity contribution in [1.29, 1.82) is 0 Å². The summed E-state index contributed by atoms with van der Waals surface area (Å²) < 4.78 is 17.9. The fourth-order valence-corrected chi connectivity index (χ4v) is 4.11. The van der Waals surface area contributed by atoms with Gasteiger partial charge in [0.25, 0.3) is 0 Å². The summed E-state index contributed by atoms with van der Waals surface area (Å²) in [6, 6.07) is 13.5. The molecule has 0 radical (unpaired) electrons. The lowest BCUT2D eigenvalue weighted by atomic mass is 10.1. The molecule has 0 atom stereocenters. The van der Waals surface area contributed by atoms with Crippen molar-refractivity contribution < 1.29 is 19.0 Å². The number of carbonyl (C=O) groups is 1. The number of amides is 1. The van der Waals surface area contributed by atoms with Crippen LogP contribution in [-0.4, -0.2) is 46.9 Å². The molecule has 2 heterocycles. The van der Waals surface area contributed by atoms with Crippen LogP contribution in [0.2, 0.25) is 0 Å². The average Bonchev–Trinajstić information content (AvgIpc) is 3.38. The Bertz CT molecular complexity index is 1070. The number of hydrogen-bond acceptors (Lipinski definition) is 7. The van der Waals surface area contributed by atoms with Crippen molar-refractivity contribution in [3.8, 4) is 22.9 Å². The number of methoxy groups -OCH3 is 1. The summed E-state index contributed by atoms with van der Waals surface area (Å²) in [6.45, 7) is 3.44. The highest BCUT2D eigenvalue weighted by molar-refractivity contribution is 7.99. The Kier molecular flexibility index (Phi) is 6.73. The quantitative estimate of drug-likeness (QED) is 0.507. The van der Waals surface area contributed by atoms with Crippen LogP contribution >= 0.6 is 11.8 Å². The zero-order valence-corrected chi connectivity index (χ0v) is 18.3. The highest BCUT2D eigenvalue weighted by atomic mass is 32.2. The average molecular weight is 441 g/mol. The topological polar surface area (TPSA) is 87.5 Å². The number of rotatable bonds is 9. The van der Waals surface area contributed by atoms with Gasteiger partial charge in [0.05, 0.1) is 13.2 Å². The molecule has 0 saturated carbocycles. The highest BCUT2D eigenvalue weighted by Crippen LogP contribution is 2.34. The van der Waals surface area contributed by atoms with Crippen LogP contribution in [0.3, 0.4) is 0 Å². The minimum Gasteiger partial charge on any atom is -0.454 e. The van der Waals surface area contributed by atoms with Crippen LogP contribution in [0.5, 0.6) is 11.5 Å². The molecular weight excluding hydrogens is 416 g/mol. The van der Waals surface area contributed by atoms with Crippen molar-refractivity contribution in [2.75, 3.05) is 31.6 Å². The lowest BCUT2D eigenvalue weighted by molar-refractivity contribution is -0.115. The lowest BCUT2D eigenvalue weighted by Crippen LogP contribution is -2.12. The summed E-state index contributed by atoms with van der Waals surface area (Å²) >= 11 is 1.50. The Morgan fingerprint density at radius 2 is 2.06 bits per heavy atom. The van der Waals surface area contributed by atoms with Gasteiger partial charge in [-0.25, -0.2) is 0 Å². The number of thioether (sulfide) groups is 1. The van der Waals surface area contributed by atoms with Crippen LogP contribution in [-0.2, 0) is 16.1 Å². The van der Waals surface area contributed by atoms with Crippen molar-refractivity contribution in [3.63, 3.8) is 0 Å². The Labute approximate surface area is 184 Å². The van der Waals surface area contributed by atoms with Crippen molar-refractivity contribution in [1.82, 2.24) is 14.8 Å². The number of benzene rings is 2. The fourth-order valence-electron chi connectivity index (χ4n) is 3.21.